The van der Waals surface area contributed by atoms with Crippen molar-refractivity contribution in [2.45, 2.75) is 26.2 Å². The van der Waals surface area contributed by atoms with Gasteiger partial charge in [0.2, 0.25) is 0 Å². The van der Waals surface area contributed by atoms with E-state index in [4.69, 9.17) is 0 Å². The first-order valence-electron chi connectivity index (χ1n) is 7.62. The number of H-pyrrole nitrogens is 1. The summed E-state index contributed by atoms with van der Waals surface area (Å²) < 4.78 is 12.5. The molecule has 0 radical (unpaired) electrons. The van der Waals surface area contributed by atoms with Crippen molar-refractivity contribution in [2.75, 3.05) is 19.8 Å². The van der Waals surface area contributed by atoms with Gasteiger partial charge in [-0.15, -0.1) is 0 Å². The number of fused-ring (bicyclic) bond motifs is 1. The summed E-state index contributed by atoms with van der Waals surface area (Å²) in [6.45, 7) is 3.20. The summed E-state index contributed by atoms with van der Waals surface area (Å²) in [4.78, 5) is 17.8. The molecule has 3 rings (SSSR count). The molecule has 1 unspecified atom stereocenters. The standard InChI is InChI=1S/C17H21FN2O/c1-12-4-5-14-15(10-19-16(14)9-12)17(21)20-8-2-3-13(11-20)6-7-18/h4-5,9-10,13,19H,2-3,6-8,11H2,1H3. The number of rotatable bonds is 3. The van der Waals surface area contributed by atoms with E-state index in [2.05, 4.69) is 4.98 Å². The van der Waals surface area contributed by atoms with E-state index in [-0.39, 0.29) is 12.6 Å². The number of hydrogen-bond acceptors (Lipinski definition) is 1. The molecule has 1 aromatic heterocycles. The number of alkyl halides is 1. The first kappa shape index (κ1) is 14.1. The van der Waals surface area contributed by atoms with Crippen LogP contribution in [0.15, 0.2) is 24.4 Å². The predicted octanol–water partition coefficient (Wildman–Crippen LogP) is 3.69. The Hall–Kier alpha value is -1.84. The Morgan fingerprint density at radius 3 is 3.14 bits per heavy atom. The molecule has 0 bridgehead atoms. The van der Waals surface area contributed by atoms with Gasteiger partial charge < -0.3 is 9.88 Å². The number of aromatic amines is 1. The summed E-state index contributed by atoms with van der Waals surface area (Å²) in [7, 11) is 0. The number of benzene rings is 1. The van der Waals surface area contributed by atoms with Gasteiger partial charge in [-0.3, -0.25) is 9.18 Å². The van der Waals surface area contributed by atoms with E-state index in [0.717, 1.165) is 35.9 Å². The molecule has 3 nitrogen and oxygen atoms in total. The van der Waals surface area contributed by atoms with Gasteiger partial charge in [0.25, 0.3) is 5.91 Å². The van der Waals surface area contributed by atoms with Crippen LogP contribution in [-0.4, -0.2) is 35.6 Å². The van der Waals surface area contributed by atoms with Crippen LogP contribution in [0.4, 0.5) is 4.39 Å². The summed E-state index contributed by atoms with van der Waals surface area (Å²) in [5, 5.41) is 0.971. The highest BCUT2D eigenvalue weighted by atomic mass is 19.1. The van der Waals surface area contributed by atoms with Crippen molar-refractivity contribution in [3.8, 4) is 0 Å². The van der Waals surface area contributed by atoms with Gasteiger partial charge in [-0.1, -0.05) is 12.1 Å². The van der Waals surface area contributed by atoms with E-state index in [1.54, 1.807) is 6.20 Å². The normalized spacial score (nSPS) is 19.1. The van der Waals surface area contributed by atoms with Crippen molar-refractivity contribution in [3.63, 3.8) is 0 Å². The van der Waals surface area contributed by atoms with Crippen molar-refractivity contribution in [1.82, 2.24) is 9.88 Å². The van der Waals surface area contributed by atoms with Gasteiger partial charge in [-0.05, 0) is 43.7 Å². The minimum atomic E-state index is -0.293. The maximum Gasteiger partial charge on any atom is 0.256 e. The number of nitrogens with one attached hydrogen (secondary N) is 1. The summed E-state index contributed by atoms with van der Waals surface area (Å²) in [5.74, 6) is 0.369. The summed E-state index contributed by atoms with van der Waals surface area (Å²) in [6.07, 6.45) is 4.36. The maximum absolute atomic E-state index is 12.7. The molecule has 0 saturated carbocycles. The lowest BCUT2D eigenvalue weighted by molar-refractivity contribution is 0.0665. The Morgan fingerprint density at radius 1 is 1.48 bits per heavy atom. The van der Waals surface area contributed by atoms with Crippen molar-refractivity contribution in [1.29, 1.82) is 0 Å². The van der Waals surface area contributed by atoms with Crippen molar-refractivity contribution in [2.24, 2.45) is 5.92 Å². The number of hydrogen-bond donors (Lipinski definition) is 1. The number of aromatic nitrogens is 1. The van der Waals surface area contributed by atoms with Crippen LogP contribution in [0.5, 0.6) is 0 Å². The molecular formula is C17H21FN2O. The number of likely N-dealkylation sites (tertiary alicyclic amines) is 1. The zero-order valence-corrected chi connectivity index (χ0v) is 12.4. The Balaban J connectivity index is 1.83. The number of carbonyl (C=O) groups excluding carboxylic acids is 1. The fourth-order valence-corrected chi connectivity index (χ4v) is 3.23. The molecule has 1 saturated heterocycles. The van der Waals surface area contributed by atoms with E-state index in [1.165, 1.54) is 5.56 Å². The number of amides is 1. The van der Waals surface area contributed by atoms with Gasteiger partial charge in [0.1, 0.15) is 0 Å². The molecule has 1 aliphatic heterocycles. The van der Waals surface area contributed by atoms with Crippen LogP contribution in [0.3, 0.4) is 0 Å². The number of halogens is 1. The molecule has 21 heavy (non-hydrogen) atoms. The zero-order chi connectivity index (χ0) is 14.8. The zero-order valence-electron chi connectivity index (χ0n) is 12.4. The predicted molar refractivity (Wildman–Crippen MR) is 82.3 cm³/mol. The van der Waals surface area contributed by atoms with Gasteiger partial charge in [-0.25, -0.2) is 0 Å². The molecular weight excluding hydrogens is 267 g/mol. The van der Waals surface area contributed by atoms with Crippen LogP contribution < -0.4 is 0 Å². The molecule has 1 amide bonds. The van der Waals surface area contributed by atoms with Crippen LogP contribution in [0.2, 0.25) is 0 Å². The quantitative estimate of drug-likeness (QED) is 0.918. The van der Waals surface area contributed by atoms with Gasteiger partial charge in [0.15, 0.2) is 0 Å². The van der Waals surface area contributed by atoms with E-state index in [0.29, 0.717) is 18.9 Å². The molecule has 112 valence electrons. The SMILES string of the molecule is Cc1ccc2c(C(=O)N3CCCC(CCF)C3)c[nH]c2c1. The van der Waals surface area contributed by atoms with E-state index >= 15 is 0 Å². The summed E-state index contributed by atoms with van der Waals surface area (Å²) in [5.41, 5.74) is 2.89. The third kappa shape index (κ3) is 2.80. The molecule has 1 fully saturated rings. The molecule has 1 aliphatic rings. The van der Waals surface area contributed by atoms with Gasteiger partial charge in [0.05, 0.1) is 12.2 Å². The molecule has 2 heterocycles. The van der Waals surface area contributed by atoms with Gasteiger partial charge in [0, 0.05) is 30.2 Å². The van der Waals surface area contributed by atoms with Crippen molar-refractivity contribution >= 4 is 16.8 Å². The summed E-state index contributed by atoms with van der Waals surface area (Å²) >= 11 is 0. The highest BCUT2D eigenvalue weighted by Crippen LogP contribution is 2.25. The Bertz CT molecular complexity index is 647. The molecule has 2 aromatic rings. The molecule has 1 aromatic carbocycles. The fraction of sp³-hybridized carbons (Fsp3) is 0.471. The Labute approximate surface area is 124 Å². The number of aryl methyl sites for hydroxylation is 1. The lowest BCUT2D eigenvalue weighted by Gasteiger charge is -2.32. The number of piperidine rings is 1. The van der Waals surface area contributed by atoms with Crippen molar-refractivity contribution < 1.29 is 9.18 Å². The van der Waals surface area contributed by atoms with Crippen LogP contribution in [0.1, 0.15) is 35.2 Å². The van der Waals surface area contributed by atoms with Gasteiger partial charge in [-0.2, -0.15) is 0 Å². The molecule has 0 spiro atoms. The lowest BCUT2D eigenvalue weighted by Crippen LogP contribution is -2.40. The second-order valence-electron chi connectivity index (χ2n) is 5.99. The van der Waals surface area contributed by atoms with Crippen LogP contribution >= 0.6 is 0 Å². The van der Waals surface area contributed by atoms with E-state index in [1.807, 2.05) is 30.0 Å². The maximum atomic E-state index is 12.7. The molecule has 0 aliphatic carbocycles. The third-order valence-corrected chi connectivity index (χ3v) is 4.39. The minimum absolute atomic E-state index is 0.0636. The highest BCUT2D eigenvalue weighted by Gasteiger charge is 2.25. The highest BCUT2D eigenvalue weighted by molar-refractivity contribution is 6.06. The molecule has 4 heteroatoms. The van der Waals surface area contributed by atoms with E-state index < -0.39 is 0 Å². The van der Waals surface area contributed by atoms with Crippen molar-refractivity contribution in [3.05, 3.63) is 35.5 Å². The monoisotopic (exact) mass is 288 g/mol. The first-order valence-corrected chi connectivity index (χ1v) is 7.62. The van der Waals surface area contributed by atoms with E-state index in [9.17, 15) is 9.18 Å². The topological polar surface area (TPSA) is 36.1 Å². The molecule has 1 atom stereocenters. The van der Waals surface area contributed by atoms with Crippen LogP contribution in [0.25, 0.3) is 10.9 Å². The average Bonchev–Trinajstić information content (AvgIpc) is 2.90. The average molecular weight is 288 g/mol. The fourth-order valence-electron chi connectivity index (χ4n) is 3.23. The second kappa shape index (κ2) is 5.88. The summed E-state index contributed by atoms with van der Waals surface area (Å²) in [6, 6.07) is 6.07. The smallest absolute Gasteiger partial charge is 0.256 e. The first-order chi connectivity index (χ1) is 10.2. The number of carbonyl (C=O) groups is 1. The molecule has 1 N–H and O–H groups in total. The Kier molecular flexibility index (Phi) is 3.95. The largest absolute Gasteiger partial charge is 0.360 e. The number of nitrogens with zero attached hydrogens (tertiary/aromatic N) is 1. The van der Waals surface area contributed by atoms with Gasteiger partial charge >= 0.3 is 0 Å². The second-order valence-corrected chi connectivity index (χ2v) is 5.99. The Morgan fingerprint density at radius 2 is 2.33 bits per heavy atom. The lowest BCUT2D eigenvalue weighted by atomic mass is 9.95. The van der Waals surface area contributed by atoms with Crippen LogP contribution in [0, 0.1) is 12.8 Å². The third-order valence-electron chi connectivity index (χ3n) is 4.39. The minimum Gasteiger partial charge on any atom is -0.360 e. The van der Waals surface area contributed by atoms with Crippen LogP contribution in [-0.2, 0) is 0 Å².